The van der Waals surface area contributed by atoms with Gasteiger partial charge in [0.05, 0.1) is 23.4 Å². The van der Waals surface area contributed by atoms with Crippen LogP contribution in [0, 0.1) is 10.1 Å². The molecule has 25 heavy (non-hydrogen) atoms. The number of nitrogens with one attached hydrogen (secondary N) is 1. The first-order chi connectivity index (χ1) is 12.0. The number of nitro groups is 1. The number of hydrogen-bond donors (Lipinski definition) is 1. The summed E-state index contributed by atoms with van der Waals surface area (Å²) in [4.78, 5) is 22.0. The molecule has 1 N–H and O–H groups in total. The van der Waals surface area contributed by atoms with Crippen LogP contribution in [0.15, 0.2) is 49.1 Å². The van der Waals surface area contributed by atoms with Crippen LogP contribution in [0.1, 0.15) is 5.56 Å². The third kappa shape index (κ3) is 4.21. The van der Waals surface area contributed by atoms with E-state index in [0.29, 0.717) is 17.3 Å². The van der Waals surface area contributed by atoms with E-state index in [-0.39, 0.29) is 18.1 Å². The number of anilines is 1. The first kappa shape index (κ1) is 16.7. The Morgan fingerprint density at radius 1 is 1.20 bits per heavy atom. The Morgan fingerprint density at radius 2 is 1.96 bits per heavy atom. The van der Waals surface area contributed by atoms with E-state index in [0.717, 1.165) is 11.8 Å². The Balaban J connectivity index is 1.59. The Labute approximate surface area is 147 Å². The van der Waals surface area contributed by atoms with Gasteiger partial charge >= 0.3 is 5.69 Å². The fraction of sp³-hybridized carbons (Fsp3) is 0.133. The normalized spacial score (nSPS) is 10.6. The number of aromatic nitrogens is 4. The number of halogens is 1. The van der Waals surface area contributed by atoms with Crippen molar-refractivity contribution in [3.63, 3.8) is 0 Å². The van der Waals surface area contributed by atoms with Crippen molar-refractivity contribution in [3.8, 4) is 0 Å². The Kier molecular flexibility index (Phi) is 4.75. The second-order valence-electron chi connectivity index (χ2n) is 5.22. The first-order valence-electron chi connectivity index (χ1n) is 7.24. The van der Waals surface area contributed by atoms with Gasteiger partial charge in [0.1, 0.15) is 18.9 Å². The molecule has 0 aliphatic heterocycles. The third-order valence-corrected chi connectivity index (χ3v) is 3.71. The Morgan fingerprint density at radius 3 is 2.68 bits per heavy atom. The van der Waals surface area contributed by atoms with Gasteiger partial charge in [-0.25, -0.2) is 0 Å². The summed E-state index contributed by atoms with van der Waals surface area (Å²) in [6.07, 6.45) is 5.47. The van der Waals surface area contributed by atoms with Crippen LogP contribution in [-0.2, 0) is 17.9 Å². The topological polar surface area (TPSA) is 108 Å². The highest BCUT2D eigenvalue weighted by molar-refractivity contribution is 6.31. The van der Waals surface area contributed by atoms with Gasteiger partial charge in [-0.15, -0.1) is 0 Å². The number of carbonyl (C=O) groups excluding carboxylic acids is 1. The summed E-state index contributed by atoms with van der Waals surface area (Å²) in [5.74, 6) is -0.365. The van der Waals surface area contributed by atoms with Gasteiger partial charge in [0.25, 0.3) is 0 Å². The smallest absolute Gasteiger partial charge is 0.307 e. The second-order valence-corrected chi connectivity index (χ2v) is 5.63. The summed E-state index contributed by atoms with van der Waals surface area (Å²) < 4.78 is 2.84. The van der Waals surface area contributed by atoms with Gasteiger partial charge < -0.3 is 5.32 Å². The van der Waals surface area contributed by atoms with E-state index >= 15 is 0 Å². The molecule has 2 heterocycles. The van der Waals surface area contributed by atoms with Gasteiger partial charge in [-0.3, -0.25) is 24.3 Å². The molecule has 1 aromatic carbocycles. The summed E-state index contributed by atoms with van der Waals surface area (Å²) in [5, 5.41) is 21.8. The van der Waals surface area contributed by atoms with Crippen molar-refractivity contribution in [1.29, 1.82) is 0 Å². The largest absolute Gasteiger partial charge is 0.322 e. The van der Waals surface area contributed by atoms with Gasteiger partial charge in [0.2, 0.25) is 5.91 Å². The molecule has 0 saturated carbocycles. The number of rotatable bonds is 6. The van der Waals surface area contributed by atoms with Crippen LogP contribution >= 0.6 is 11.6 Å². The van der Waals surface area contributed by atoms with Crippen molar-refractivity contribution >= 4 is 28.9 Å². The van der Waals surface area contributed by atoms with E-state index in [9.17, 15) is 14.9 Å². The van der Waals surface area contributed by atoms with Crippen molar-refractivity contribution in [3.05, 3.63) is 69.8 Å². The van der Waals surface area contributed by atoms with Crippen LogP contribution in [0.4, 0.5) is 11.4 Å². The maximum atomic E-state index is 12.0. The van der Waals surface area contributed by atoms with Crippen LogP contribution in [0.25, 0.3) is 0 Å². The van der Waals surface area contributed by atoms with E-state index in [4.69, 9.17) is 11.6 Å². The highest BCUT2D eigenvalue weighted by Crippen LogP contribution is 2.17. The highest BCUT2D eigenvalue weighted by Gasteiger charge is 2.12. The van der Waals surface area contributed by atoms with Gasteiger partial charge in [-0.05, 0) is 11.6 Å². The standard InChI is InChI=1S/C15H13ClN6O3/c16-14-4-2-1-3-11(14)7-20-8-12(5-17-20)19-15(23)10-21-9-13(6-18-21)22(24)25/h1-6,8-9H,7,10H2,(H,19,23). The van der Waals surface area contributed by atoms with Crippen molar-refractivity contribution in [2.24, 2.45) is 0 Å². The number of benzene rings is 1. The zero-order valence-corrected chi connectivity index (χ0v) is 13.6. The van der Waals surface area contributed by atoms with Crippen molar-refractivity contribution in [2.45, 2.75) is 13.1 Å². The SMILES string of the molecule is O=C(Cn1cc([N+](=O)[O-])cn1)Nc1cnn(Cc2ccccc2Cl)c1. The summed E-state index contributed by atoms with van der Waals surface area (Å²) in [5.41, 5.74) is 1.26. The third-order valence-electron chi connectivity index (χ3n) is 3.34. The molecule has 0 saturated heterocycles. The van der Waals surface area contributed by atoms with E-state index in [1.54, 1.807) is 16.9 Å². The highest BCUT2D eigenvalue weighted by atomic mass is 35.5. The lowest BCUT2D eigenvalue weighted by molar-refractivity contribution is -0.385. The van der Waals surface area contributed by atoms with Crippen LogP contribution in [-0.4, -0.2) is 30.4 Å². The Hall–Kier alpha value is -3.20. The molecule has 128 valence electrons. The van der Waals surface area contributed by atoms with E-state index < -0.39 is 4.92 Å². The first-order valence-corrected chi connectivity index (χ1v) is 7.61. The molecule has 10 heteroatoms. The maximum absolute atomic E-state index is 12.0. The monoisotopic (exact) mass is 360 g/mol. The number of carbonyl (C=O) groups is 1. The lowest BCUT2D eigenvalue weighted by Gasteiger charge is -2.04. The van der Waals surface area contributed by atoms with Crippen molar-refractivity contribution in [1.82, 2.24) is 19.6 Å². The summed E-state index contributed by atoms with van der Waals surface area (Å²) in [6.45, 7) is 0.338. The van der Waals surface area contributed by atoms with Gasteiger partial charge in [-0.1, -0.05) is 29.8 Å². The van der Waals surface area contributed by atoms with Crippen LogP contribution in [0.3, 0.4) is 0 Å². The zero-order chi connectivity index (χ0) is 17.8. The molecular formula is C15H13ClN6O3. The summed E-state index contributed by atoms with van der Waals surface area (Å²) in [6, 6.07) is 7.43. The molecule has 0 fully saturated rings. The molecular weight excluding hydrogens is 348 g/mol. The van der Waals surface area contributed by atoms with Crippen molar-refractivity contribution < 1.29 is 9.72 Å². The molecule has 1 amide bonds. The molecule has 9 nitrogen and oxygen atoms in total. The van der Waals surface area contributed by atoms with Crippen LogP contribution < -0.4 is 5.32 Å². The molecule has 0 bridgehead atoms. The predicted octanol–water partition coefficient (Wildman–Crippen LogP) is 2.33. The fourth-order valence-corrected chi connectivity index (χ4v) is 2.39. The molecule has 0 spiro atoms. The van der Waals surface area contributed by atoms with E-state index in [1.165, 1.54) is 17.1 Å². The average molecular weight is 361 g/mol. The number of hydrogen-bond acceptors (Lipinski definition) is 5. The van der Waals surface area contributed by atoms with E-state index in [2.05, 4.69) is 15.5 Å². The second kappa shape index (κ2) is 7.14. The molecule has 0 unspecified atom stereocenters. The van der Waals surface area contributed by atoms with Crippen LogP contribution in [0.2, 0.25) is 5.02 Å². The van der Waals surface area contributed by atoms with Gasteiger partial charge in [-0.2, -0.15) is 10.2 Å². The molecule has 2 aromatic heterocycles. The molecule has 0 atom stereocenters. The average Bonchev–Trinajstić information content (AvgIpc) is 3.19. The Bertz CT molecular complexity index is 919. The lowest BCUT2D eigenvalue weighted by Crippen LogP contribution is -2.18. The van der Waals surface area contributed by atoms with Crippen LogP contribution in [0.5, 0.6) is 0 Å². The fourth-order valence-electron chi connectivity index (χ4n) is 2.20. The van der Waals surface area contributed by atoms with Gasteiger partial charge in [0, 0.05) is 11.2 Å². The zero-order valence-electron chi connectivity index (χ0n) is 12.9. The number of nitrogens with zero attached hydrogens (tertiary/aromatic N) is 5. The molecule has 3 rings (SSSR count). The summed E-state index contributed by atoms with van der Waals surface area (Å²) >= 11 is 6.11. The van der Waals surface area contributed by atoms with Crippen molar-refractivity contribution in [2.75, 3.05) is 5.32 Å². The minimum absolute atomic E-state index is 0.135. The molecule has 0 radical (unpaired) electrons. The summed E-state index contributed by atoms with van der Waals surface area (Å²) in [7, 11) is 0. The number of amides is 1. The minimum Gasteiger partial charge on any atom is -0.322 e. The molecule has 0 aliphatic rings. The maximum Gasteiger partial charge on any atom is 0.307 e. The lowest BCUT2D eigenvalue weighted by atomic mass is 10.2. The molecule has 0 aliphatic carbocycles. The quantitative estimate of drug-likeness (QED) is 0.536. The van der Waals surface area contributed by atoms with E-state index in [1.807, 2.05) is 18.2 Å². The predicted molar refractivity (Wildman–Crippen MR) is 90.3 cm³/mol. The molecule has 3 aromatic rings. The van der Waals surface area contributed by atoms with Gasteiger partial charge in [0.15, 0.2) is 0 Å². The minimum atomic E-state index is -0.569.